The van der Waals surface area contributed by atoms with Gasteiger partial charge in [-0.05, 0) is 23.8 Å². The smallest absolute Gasteiger partial charge is 0.408 e. The summed E-state index contributed by atoms with van der Waals surface area (Å²) in [6, 6.07) is 3.55. The molecule has 1 rings (SSSR count). The van der Waals surface area contributed by atoms with Crippen molar-refractivity contribution in [3.63, 3.8) is 0 Å². The van der Waals surface area contributed by atoms with E-state index in [4.69, 9.17) is 4.74 Å². The first-order chi connectivity index (χ1) is 21.8. The predicted molar refractivity (Wildman–Crippen MR) is 163 cm³/mol. The number of alkyl halides is 1. The normalized spacial score (nSPS) is 14.0. The highest BCUT2D eigenvalue weighted by Crippen LogP contribution is 2.12. The van der Waals surface area contributed by atoms with E-state index >= 15 is 0 Å². The van der Waals surface area contributed by atoms with Crippen LogP contribution in [-0.2, 0) is 49.6 Å². The molecule has 0 aliphatic rings. The lowest BCUT2D eigenvalue weighted by Gasteiger charge is -2.29. The first kappa shape index (κ1) is 39.5. The Morgan fingerprint density at radius 1 is 0.761 bits per heavy atom. The fraction of sp³-hybridized carbons (Fsp3) is 0.581. The minimum atomic E-state index is -1.54. The number of halogens is 1. The zero-order chi connectivity index (χ0) is 34.8. The van der Waals surface area contributed by atoms with Crippen molar-refractivity contribution in [2.45, 2.75) is 84.2 Å². The number of carbonyl (C=O) groups is 7. The van der Waals surface area contributed by atoms with Crippen molar-refractivity contribution in [3.05, 3.63) is 35.9 Å². The van der Waals surface area contributed by atoms with E-state index in [1.165, 1.54) is 0 Å². The Bertz CT molecular complexity index is 1200. The summed E-state index contributed by atoms with van der Waals surface area (Å²) in [5.74, 6) is -6.05. The summed E-state index contributed by atoms with van der Waals surface area (Å²) in [4.78, 5) is 88.4. The summed E-state index contributed by atoms with van der Waals surface area (Å²) in [6.45, 7) is 5.21. The van der Waals surface area contributed by atoms with Crippen molar-refractivity contribution in [2.75, 3.05) is 20.9 Å². The standard InChI is InChI=1S/C31H45FN4O10/c1-7-19(4)27(30(42)34-22(23(37)16-32)15-25(39)45-6)35-28(40)21(13-14-24(38)44-5)33-29(41)26(18(2)3)36-31(43)46-17-20-11-9-8-10-12-20/h8-12,18-19,21-22,26-27H,7,13-17H2,1-6H3,(H,33,41)(H,34,42)(H,35,40)(H,36,43)/t19-,21-,22+,26-,27-/m0/s1. The second-order valence-electron chi connectivity index (χ2n) is 10.9. The van der Waals surface area contributed by atoms with Crippen LogP contribution in [0, 0.1) is 11.8 Å². The Hall–Kier alpha value is -4.56. The molecule has 0 aromatic heterocycles. The fourth-order valence-electron chi connectivity index (χ4n) is 4.13. The summed E-state index contributed by atoms with van der Waals surface area (Å²) < 4.78 is 27.6. The summed E-state index contributed by atoms with van der Waals surface area (Å²) in [5.41, 5.74) is 0.730. The van der Waals surface area contributed by atoms with Gasteiger partial charge in [0.15, 0.2) is 5.78 Å². The Morgan fingerprint density at radius 2 is 1.35 bits per heavy atom. The number of Topliss-reactive ketones (excluding diaryl/α,β-unsaturated/α-hetero) is 1. The average molecular weight is 653 g/mol. The average Bonchev–Trinajstić information content (AvgIpc) is 3.05. The monoisotopic (exact) mass is 652 g/mol. The maximum atomic E-state index is 13.5. The molecule has 0 fully saturated rings. The summed E-state index contributed by atoms with van der Waals surface area (Å²) >= 11 is 0. The van der Waals surface area contributed by atoms with Gasteiger partial charge in [-0.1, -0.05) is 64.4 Å². The lowest BCUT2D eigenvalue weighted by Crippen LogP contribution is -2.59. The highest BCUT2D eigenvalue weighted by atomic mass is 19.1. The molecule has 1 aromatic rings. The van der Waals surface area contributed by atoms with E-state index in [0.717, 1.165) is 19.8 Å². The molecule has 0 bridgehead atoms. The number of esters is 2. The topological polar surface area (TPSA) is 195 Å². The molecule has 4 N–H and O–H groups in total. The molecular weight excluding hydrogens is 607 g/mol. The van der Waals surface area contributed by atoms with E-state index in [9.17, 15) is 38.0 Å². The van der Waals surface area contributed by atoms with Crippen LogP contribution in [0.15, 0.2) is 30.3 Å². The zero-order valence-electron chi connectivity index (χ0n) is 27.1. The Labute approximate surface area is 267 Å². The van der Waals surface area contributed by atoms with Gasteiger partial charge in [-0.3, -0.25) is 28.8 Å². The molecule has 46 heavy (non-hydrogen) atoms. The lowest BCUT2D eigenvalue weighted by molar-refractivity contribution is -0.144. The Balaban J connectivity index is 3.15. The Kier molecular flexibility index (Phi) is 17.6. The third kappa shape index (κ3) is 13.6. The van der Waals surface area contributed by atoms with Gasteiger partial charge >= 0.3 is 18.0 Å². The van der Waals surface area contributed by atoms with Crippen LogP contribution >= 0.6 is 0 Å². The van der Waals surface area contributed by atoms with Crippen LogP contribution in [0.2, 0.25) is 0 Å². The number of nitrogens with one attached hydrogen (secondary N) is 4. The highest BCUT2D eigenvalue weighted by molar-refractivity contribution is 5.97. The number of carbonyl (C=O) groups excluding carboxylic acids is 7. The number of alkyl carbamates (subject to hydrolysis) is 1. The number of ether oxygens (including phenoxy) is 3. The third-order valence-corrected chi connectivity index (χ3v) is 7.16. The largest absolute Gasteiger partial charge is 0.469 e. The molecule has 0 aliphatic heterocycles. The van der Waals surface area contributed by atoms with E-state index in [1.807, 2.05) is 6.07 Å². The van der Waals surface area contributed by atoms with Crippen molar-refractivity contribution in [2.24, 2.45) is 11.8 Å². The quantitative estimate of drug-likeness (QED) is 0.126. The maximum Gasteiger partial charge on any atom is 0.408 e. The number of rotatable bonds is 19. The molecule has 0 saturated heterocycles. The SMILES string of the molecule is CC[C@H](C)[C@H](NC(=O)[C@H](CCC(=O)OC)NC(=O)[C@@H](NC(=O)OCc1ccccc1)C(C)C)C(=O)N[C@H](CC(=O)OC)C(=O)CF. The fourth-order valence-corrected chi connectivity index (χ4v) is 4.13. The number of amides is 4. The van der Waals surface area contributed by atoms with Crippen molar-refractivity contribution < 1.29 is 52.2 Å². The second kappa shape index (κ2) is 20.5. The molecule has 0 radical (unpaired) electrons. The second-order valence-corrected chi connectivity index (χ2v) is 10.9. The first-order valence-corrected chi connectivity index (χ1v) is 14.9. The van der Waals surface area contributed by atoms with E-state index < -0.39 is 90.6 Å². The van der Waals surface area contributed by atoms with Gasteiger partial charge in [0.2, 0.25) is 17.7 Å². The molecule has 5 atom stereocenters. The predicted octanol–water partition coefficient (Wildman–Crippen LogP) is 1.49. The molecule has 0 saturated carbocycles. The van der Waals surface area contributed by atoms with Gasteiger partial charge < -0.3 is 35.5 Å². The van der Waals surface area contributed by atoms with Gasteiger partial charge in [0.25, 0.3) is 0 Å². The minimum Gasteiger partial charge on any atom is -0.469 e. The van der Waals surface area contributed by atoms with Gasteiger partial charge in [-0.2, -0.15) is 0 Å². The molecule has 15 heteroatoms. The van der Waals surface area contributed by atoms with Crippen molar-refractivity contribution in [1.29, 1.82) is 0 Å². The molecule has 14 nitrogen and oxygen atoms in total. The number of hydrogen-bond donors (Lipinski definition) is 4. The molecule has 0 spiro atoms. The van der Waals surface area contributed by atoms with Crippen molar-refractivity contribution in [3.8, 4) is 0 Å². The van der Waals surface area contributed by atoms with E-state index in [-0.39, 0.29) is 19.4 Å². The zero-order valence-corrected chi connectivity index (χ0v) is 27.1. The number of benzene rings is 1. The first-order valence-electron chi connectivity index (χ1n) is 14.9. The molecule has 1 aromatic carbocycles. The maximum absolute atomic E-state index is 13.5. The van der Waals surface area contributed by atoms with Crippen LogP contribution in [0.3, 0.4) is 0 Å². The number of hydrogen-bond acceptors (Lipinski definition) is 10. The van der Waals surface area contributed by atoms with Crippen LogP contribution in [0.4, 0.5) is 9.18 Å². The van der Waals surface area contributed by atoms with Gasteiger partial charge in [0.05, 0.1) is 20.6 Å². The molecule has 0 aliphatic carbocycles. The third-order valence-electron chi connectivity index (χ3n) is 7.16. The molecular formula is C31H45FN4O10. The van der Waals surface area contributed by atoms with Gasteiger partial charge in [-0.25, -0.2) is 9.18 Å². The lowest BCUT2D eigenvalue weighted by atomic mass is 9.96. The highest BCUT2D eigenvalue weighted by Gasteiger charge is 2.35. The Morgan fingerprint density at radius 3 is 1.89 bits per heavy atom. The van der Waals surface area contributed by atoms with E-state index in [0.29, 0.717) is 6.42 Å². The molecule has 4 amide bonds. The van der Waals surface area contributed by atoms with Crippen LogP contribution < -0.4 is 21.3 Å². The summed E-state index contributed by atoms with van der Waals surface area (Å²) in [7, 11) is 2.22. The van der Waals surface area contributed by atoms with Gasteiger partial charge in [-0.15, -0.1) is 0 Å². The van der Waals surface area contributed by atoms with Gasteiger partial charge in [0.1, 0.15) is 37.4 Å². The van der Waals surface area contributed by atoms with Crippen LogP contribution in [0.1, 0.15) is 58.9 Å². The molecule has 0 heterocycles. The molecule has 256 valence electrons. The number of ketones is 1. The summed E-state index contributed by atoms with van der Waals surface area (Å²) in [5, 5.41) is 9.87. The van der Waals surface area contributed by atoms with Crippen molar-refractivity contribution >= 4 is 41.5 Å². The number of methoxy groups -OCH3 is 2. The van der Waals surface area contributed by atoms with Crippen LogP contribution in [0.25, 0.3) is 0 Å². The van der Waals surface area contributed by atoms with Crippen LogP contribution in [-0.4, -0.2) is 86.6 Å². The van der Waals surface area contributed by atoms with Crippen LogP contribution in [0.5, 0.6) is 0 Å². The van der Waals surface area contributed by atoms with Gasteiger partial charge in [0, 0.05) is 6.42 Å². The minimum absolute atomic E-state index is 0.0419. The van der Waals surface area contributed by atoms with E-state index in [1.54, 1.807) is 52.0 Å². The van der Waals surface area contributed by atoms with Crippen molar-refractivity contribution in [1.82, 2.24) is 21.3 Å². The summed E-state index contributed by atoms with van der Waals surface area (Å²) in [6.07, 6.45) is -1.62. The van der Waals surface area contributed by atoms with E-state index in [2.05, 4.69) is 30.7 Å². The molecule has 0 unspecified atom stereocenters.